The standard InChI is InChI=1S/C17H25NO3S/c1-17(2,3)12-14-8-6-10-18(14)16(19)13-7-5-9-15(11-13)22(4,20)21/h5,7,9,11,14H,6,8,10,12H2,1-4H3. The Labute approximate surface area is 133 Å². The van der Waals surface area contributed by atoms with Gasteiger partial charge < -0.3 is 4.90 Å². The molecule has 1 atom stereocenters. The molecule has 0 radical (unpaired) electrons. The molecule has 0 N–H and O–H groups in total. The smallest absolute Gasteiger partial charge is 0.254 e. The number of hydrogen-bond acceptors (Lipinski definition) is 3. The van der Waals surface area contributed by atoms with Crippen molar-refractivity contribution in [2.24, 2.45) is 5.41 Å². The molecule has 2 rings (SSSR count). The van der Waals surface area contributed by atoms with Crippen LogP contribution in [-0.4, -0.2) is 38.1 Å². The first-order valence-corrected chi connectivity index (χ1v) is 9.58. The van der Waals surface area contributed by atoms with Crippen LogP contribution < -0.4 is 0 Å². The van der Waals surface area contributed by atoms with Gasteiger partial charge in [-0.1, -0.05) is 26.8 Å². The van der Waals surface area contributed by atoms with Crippen molar-refractivity contribution in [3.63, 3.8) is 0 Å². The summed E-state index contributed by atoms with van der Waals surface area (Å²) < 4.78 is 23.3. The van der Waals surface area contributed by atoms with E-state index in [-0.39, 0.29) is 22.3 Å². The molecule has 1 amide bonds. The molecule has 5 heteroatoms. The van der Waals surface area contributed by atoms with Crippen molar-refractivity contribution in [1.29, 1.82) is 0 Å². The fourth-order valence-electron chi connectivity index (χ4n) is 3.05. The second-order valence-electron chi connectivity index (χ2n) is 7.36. The first-order chi connectivity index (χ1) is 10.1. The van der Waals surface area contributed by atoms with E-state index in [0.717, 1.165) is 32.1 Å². The van der Waals surface area contributed by atoms with Crippen molar-refractivity contribution < 1.29 is 13.2 Å². The molecule has 1 aromatic rings. The Morgan fingerprint density at radius 1 is 1.32 bits per heavy atom. The molecule has 1 aliphatic rings. The van der Waals surface area contributed by atoms with Crippen LogP contribution in [0.2, 0.25) is 0 Å². The summed E-state index contributed by atoms with van der Waals surface area (Å²) in [4.78, 5) is 14.9. The monoisotopic (exact) mass is 323 g/mol. The van der Waals surface area contributed by atoms with E-state index < -0.39 is 9.84 Å². The van der Waals surface area contributed by atoms with E-state index in [4.69, 9.17) is 0 Å². The molecule has 0 aromatic heterocycles. The van der Waals surface area contributed by atoms with Crippen molar-refractivity contribution in [3.8, 4) is 0 Å². The van der Waals surface area contributed by atoms with Crippen LogP contribution in [0, 0.1) is 5.41 Å². The molecule has 0 saturated carbocycles. The lowest BCUT2D eigenvalue weighted by molar-refractivity contribution is 0.0704. The lowest BCUT2D eigenvalue weighted by Gasteiger charge is -2.30. The number of likely N-dealkylation sites (tertiary alicyclic amines) is 1. The van der Waals surface area contributed by atoms with Crippen LogP contribution in [0.5, 0.6) is 0 Å². The average molecular weight is 323 g/mol. The van der Waals surface area contributed by atoms with Gasteiger partial charge in [-0.25, -0.2) is 8.42 Å². The van der Waals surface area contributed by atoms with Gasteiger partial charge in [0.1, 0.15) is 0 Å². The van der Waals surface area contributed by atoms with E-state index in [9.17, 15) is 13.2 Å². The summed E-state index contributed by atoms with van der Waals surface area (Å²) in [5.74, 6) is -0.0581. The highest BCUT2D eigenvalue weighted by Gasteiger charge is 2.32. The Morgan fingerprint density at radius 3 is 2.59 bits per heavy atom. The number of nitrogens with zero attached hydrogens (tertiary/aromatic N) is 1. The second kappa shape index (κ2) is 6.03. The lowest BCUT2D eigenvalue weighted by Crippen LogP contribution is -2.37. The summed E-state index contributed by atoms with van der Waals surface area (Å²) in [5, 5.41) is 0. The Balaban J connectivity index is 2.24. The van der Waals surface area contributed by atoms with Crippen LogP contribution in [0.25, 0.3) is 0 Å². The maximum absolute atomic E-state index is 12.8. The number of sulfone groups is 1. The van der Waals surface area contributed by atoms with Gasteiger partial charge in [-0.05, 0) is 42.9 Å². The number of benzene rings is 1. The third-order valence-corrected chi connectivity index (χ3v) is 5.11. The van der Waals surface area contributed by atoms with Crippen molar-refractivity contribution in [2.75, 3.05) is 12.8 Å². The first-order valence-electron chi connectivity index (χ1n) is 7.69. The van der Waals surface area contributed by atoms with Crippen LogP contribution >= 0.6 is 0 Å². The average Bonchev–Trinajstić information content (AvgIpc) is 2.83. The SMILES string of the molecule is CC(C)(C)CC1CCCN1C(=O)c1cccc(S(C)(=O)=O)c1. The minimum atomic E-state index is -3.30. The van der Waals surface area contributed by atoms with Gasteiger partial charge in [0.05, 0.1) is 4.90 Å². The third-order valence-electron chi connectivity index (χ3n) is 4.00. The molecule has 1 saturated heterocycles. The Hall–Kier alpha value is -1.36. The zero-order valence-corrected chi connectivity index (χ0v) is 14.6. The number of rotatable bonds is 3. The summed E-state index contributed by atoms with van der Waals surface area (Å²) in [7, 11) is -3.30. The predicted molar refractivity (Wildman–Crippen MR) is 87.7 cm³/mol. The van der Waals surface area contributed by atoms with Crippen LogP contribution in [0.1, 0.15) is 50.4 Å². The molecule has 1 unspecified atom stereocenters. The highest BCUT2D eigenvalue weighted by molar-refractivity contribution is 7.90. The number of carbonyl (C=O) groups is 1. The lowest BCUT2D eigenvalue weighted by atomic mass is 9.87. The Bertz CT molecular complexity index is 659. The molecule has 1 aromatic carbocycles. The van der Waals surface area contributed by atoms with E-state index >= 15 is 0 Å². The third kappa shape index (κ3) is 4.09. The molecule has 22 heavy (non-hydrogen) atoms. The van der Waals surface area contributed by atoms with Gasteiger partial charge in [-0.3, -0.25) is 4.79 Å². The van der Waals surface area contributed by atoms with Crippen molar-refractivity contribution in [3.05, 3.63) is 29.8 Å². The summed E-state index contributed by atoms with van der Waals surface area (Å²) >= 11 is 0. The highest BCUT2D eigenvalue weighted by Crippen LogP contribution is 2.31. The fourth-order valence-corrected chi connectivity index (χ4v) is 3.71. The van der Waals surface area contributed by atoms with Crippen LogP contribution in [0.3, 0.4) is 0 Å². The molecule has 1 aliphatic heterocycles. The molecule has 0 aliphatic carbocycles. The highest BCUT2D eigenvalue weighted by atomic mass is 32.2. The van der Waals surface area contributed by atoms with Gasteiger partial charge in [-0.2, -0.15) is 0 Å². The summed E-state index contributed by atoms with van der Waals surface area (Å²) in [6, 6.07) is 6.60. The van der Waals surface area contributed by atoms with Gasteiger partial charge in [0.25, 0.3) is 5.91 Å². The molecular weight excluding hydrogens is 298 g/mol. The maximum Gasteiger partial charge on any atom is 0.254 e. The van der Waals surface area contributed by atoms with E-state index in [1.165, 1.54) is 12.1 Å². The molecule has 1 heterocycles. The van der Waals surface area contributed by atoms with E-state index in [0.29, 0.717) is 5.56 Å². The normalized spacial score (nSPS) is 19.5. The molecule has 0 spiro atoms. The molecule has 122 valence electrons. The van der Waals surface area contributed by atoms with E-state index in [1.54, 1.807) is 12.1 Å². The molecule has 0 bridgehead atoms. The molecule has 4 nitrogen and oxygen atoms in total. The first kappa shape index (κ1) is 17.0. The number of hydrogen-bond donors (Lipinski definition) is 0. The topological polar surface area (TPSA) is 54.5 Å². The Morgan fingerprint density at radius 2 is 2.00 bits per heavy atom. The summed E-state index contributed by atoms with van der Waals surface area (Å²) in [6.07, 6.45) is 4.16. The fraction of sp³-hybridized carbons (Fsp3) is 0.588. The molecule has 1 fully saturated rings. The summed E-state index contributed by atoms with van der Waals surface area (Å²) in [5.41, 5.74) is 0.631. The summed E-state index contributed by atoms with van der Waals surface area (Å²) in [6.45, 7) is 7.29. The van der Waals surface area contributed by atoms with Gasteiger partial charge in [0, 0.05) is 24.4 Å². The predicted octanol–water partition coefficient (Wildman–Crippen LogP) is 3.13. The maximum atomic E-state index is 12.8. The van der Waals surface area contributed by atoms with Gasteiger partial charge in [0.15, 0.2) is 9.84 Å². The minimum Gasteiger partial charge on any atom is -0.336 e. The van der Waals surface area contributed by atoms with Crippen molar-refractivity contribution in [1.82, 2.24) is 4.90 Å². The van der Waals surface area contributed by atoms with Crippen molar-refractivity contribution >= 4 is 15.7 Å². The second-order valence-corrected chi connectivity index (χ2v) is 9.38. The van der Waals surface area contributed by atoms with Crippen LogP contribution in [-0.2, 0) is 9.84 Å². The zero-order valence-electron chi connectivity index (χ0n) is 13.8. The largest absolute Gasteiger partial charge is 0.336 e. The van der Waals surface area contributed by atoms with E-state index in [2.05, 4.69) is 20.8 Å². The van der Waals surface area contributed by atoms with Crippen LogP contribution in [0.4, 0.5) is 0 Å². The minimum absolute atomic E-state index is 0.0581. The van der Waals surface area contributed by atoms with Gasteiger partial charge in [0.2, 0.25) is 0 Å². The van der Waals surface area contributed by atoms with Gasteiger partial charge in [-0.15, -0.1) is 0 Å². The van der Waals surface area contributed by atoms with Gasteiger partial charge >= 0.3 is 0 Å². The zero-order chi connectivity index (χ0) is 16.5. The molecular formula is C17H25NO3S. The quantitative estimate of drug-likeness (QED) is 0.859. The van der Waals surface area contributed by atoms with Crippen LogP contribution in [0.15, 0.2) is 29.2 Å². The number of amides is 1. The van der Waals surface area contributed by atoms with Crippen molar-refractivity contribution in [2.45, 2.75) is 51.0 Å². The number of carbonyl (C=O) groups excluding carboxylic acids is 1. The Kier molecular flexibility index (Phi) is 4.66. The van der Waals surface area contributed by atoms with E-state index in [1.807, 2.05) is 4.90 Å².